The first kappa shape index (κ1) is 25.0. The number of hydrogen-bond acceptors (Lipinski definition) is 0. The highest BCUT2D eigenvalue weighted by atomic mass is 15.1. The van der Waals surface area contributed by atoms with E-state index in [-0.39, 0.29) is 0 Å². The van der Waals surface area contributed by atoms with Crippen molar-refractivity contribution in [1.29, 1.82) is 0 Å². The molecule has 1 N–H and O–H groups in total. The molecule has 36 heavy (non-hydrogen) atoms. The Balaban J connectivity index is 0.000000286. The molecule has 0 aliphatic rings. The Morgan fingerprint density at radius 2 is 0.806 bits per heavy atom. The van der Waals surface area contributed by atoms with E-state index in [0.29, 0.717) is 0 Å². The second-order valence-electron chi connectivity index (χ2n) is 9.33. The predicted molar refractivity (Wildman–Crippen MR) is 159 cm³/mol. The Hall–Kier alpha value is -4.14. The Morgan fingerprint density at radius 1 is 0.472 bits per heavy atom. The van der Waals surface area contributed by atoms with E-state index in [1.807, 2.05) is 12.1 Å². The van der Waals surface area contributed by atoms with Crippen molar-refractivity contribution in [3.8, 4) is 0 Å². The maximum absolute atomic E-state index is 3.90. The highest BCUT2D eigenvalue weighted by Gasteiger charge is 2.31. The van der Waals surface area contributed by atoms with Gasteiger partial charge in [0.2, 0.25) is 0 Å². The third-order valence-electron chi connectivity index (χ3n) is 6.92. The fourth-order valence-electron chi connectivity index (χ4n) is 5.07. The highest BCUT2D eigenvalue weighted by molar-refractivity contribution is 7.19. The molecule has 0 bridgehead atoms. The standard InChI is InChI=1S/C26H22B.C8H11N/c1-2-22-18-20-26(21-19-22)27(23-12-6-3-7-13-23,24-14-8-4-9-15-24)25-16-10-5-11-17-25;1-9(2)8-6-4-3-5-7-8/h2-21H,1H2;3-7H,1-2H3/q-1;/p+1. The summed E-state index contributed by atoms with van der Waals surface area (Å²) < 4.78 is 0. The van der Waals surface area contributed by atoms with Crippen LogP contribution >= 0.6 is 0 Å². The first-order chi connectivity index (χ1) is 17.7. The van der Waals surface area contributed by atoms with Crippen molar-refractivity contribution in [3.63, 3.8) is 0 Å². The molecule has 0 radical (unpaired) electrons. The van der Waals surface area contributed by atoms with Gasteiger partial charge in [0.1, 0.15) is 11.8 Å². The fourth-order valence-corrected chi connectivity index (χ4v) is 5.07. The van der Waals surface area contributed by atoms with Crippen molar-refractivity contribution in [2.45, 2.75) is 0 Å². The van der Waals surface area contributed by atoms with Crippen LogP contribution in [0.2, 0.25) is 0 Å². The first-order valence-electron chi connectivity index (χ1n) is 12.6. The van der Waals surface area contributed by atoms with Crippen molar-refractivity contribution >= 4 is 39.8 Å². The second-order valence-corrected chi connectivity index (χ2v) is 9.33. The van der Waals surface area contributed by atoms with Crippen LogP contribution in [0.1, 0.15) is 5.56 Å². The fraction of sp³-hybridized carbons (Fsp3) is 0.0588. The number of quaternary nitrogens is 1. The molecule has 0 aliphatic carbocycles. The lowest BCUT2D eigenvalue weighted by Crippen LogP contribution is -3.00. The van der Waals surface area contributed by atoms with Crippen LogP contribution < -0.4 is 26.8 Å². The van der Waals surface area contributed by atoms with Gasteiger partial charge in [0.25, 0.3) is 0 Å². The van der Waals surface area contributed by atoms with E-state index < -0.39 is 6.15 Å². The van der Waals surface area contributed by atoms with Gasteiger partial charge in [0.05, 0.1) is 14.1 Å². The summed E-state index contributed by atoms with van der Waals surface area (Å²) >= 11 is 0. The summed E-state index contributed by atoms with van der Waals surface area (Å²) in [4.78, 5) is 1.37. The quantitative estimate of drug-likeness (QED) is 0.358. The van der Waals surface area contributed by atoms with Crippen LogP contribution in [0.5, 0.6) is 0 Å². The van der Waals surface area contributed by atoms with Gasteiger partial charge in [-0.25, -0.2) is 0 Å². The number of benzene rings is 5. The molecule has 0 amide bonds. The molecule has 0 saturated heterocycles. The molecule has 1 nitrogen and oxygen atoms in total. The van der Waals surface area contributed by atoms with E-state index in [0.717, 1.165) is 5.56 Å². The number of hydrogen-bond donors (Lipinski definition) is 1. The molecular formula is C34H34BN. The molecule has 0 unspecified atom stereocenters. The summed E-state index contributed by atoms with van der Waals surface area (Å²) in [6.07, 6.45) is 0.624. The minimum Gasteiger partial charge on any atom is -0.307 e. The van der Waals surface area contributed by atoms with Crippen LogP contribution in [0.3, 0.4) is 0 Å². The van der Waals surface area contributed by atoms with Crippen LogP contribution in [0.25, 0.3) is 6.08 Å². The molecule has 0 atom stereocenters. The van der Waals surface area contributed by atoms with Gasteiger partial charge in [-0.15, -0.1) is 0 Å². The lowest BCUT2D eigenvalue weighted by molar-refractivity contribution is -0.786. The average Bonchev–Trinajstić information content (AvgIpc) is 2.96. The first-order valence-corrected chi connectivity index (χ1v) is 12.6. The molecule has 5 aromatic rings. The lowest BCUT2D eigenvalue weighted by Gasteiger charge is -2.44. The van der Waals surface area contributed by atoms with Crippen LogP contribution in [0.4, 0.5) is 5.69 Å². The van der Waals surface area contributed by atoms with E-state index in [9.17, 15) is 0 Å². The summed E-state index contributed by atoms with van der Waals surface area (Å²) in [5, 5.41) is 0. The minimum absolute atomic E-state index is 1.14. The topological polar surface area (TPSA) is 4.44 Å². The Bertz CT molecular complexity index is 1230. The summed E-state index contributed by atoms with van der Waals surface area (Å²) in [5.74, 6) is 0. The van der Waals surface area contributed by atoms with E-state index in [4.69, 9.17) is 0 Å². The maximum atomic E-state index is 3.90. The molecule has 2 heteroatoms. The van der Waals surface area contributed by atoms with E-state index in [1.54, 1.807) is 0 Å². The van der Waals surface area contributed by atoms with Crippen LogP contribution in [0.15, 0.2) is 152 Å². The van der Waals surface area contributed by atoms with E-state index in [1.165, 1.54) is 32.4 Å². The predicted octanol–water partition coefficient (Wildman–Crippen LogP) is 4.17. The van der Waals surface area contributed by atoms with Gasteiger partial charge in [0.15, 0.2) is 0 Å². The lowest BCUT2D eigenvalue weighted by atomic mass is 9.13. The third kappa shape index (κ3) is 5.40. The zero-order valence-electron chi connectivity index (χ0n) is 21.2. The summed E-state index contributed by atoms with van der Waals surface area (Å²) in [6.45, 7) is 3.90. The van der Waals surface area contributed by atoms with Crippen molar-refractivity contribution in [1.82, 2.24) is 0 Å². The summed E-state index contributed by atoms with van der Waals surface area (Å²) in [6, 6.07) is 51.8. The molecule has 0 fully saturated rings. The van der Waals surface area contributed by atoms with Gasteiger partial charge in [-0.3, -0.25) is 0 Å². The summed E-state index contributed by atoms with van der Waals surface area (Å²) in [7, 11) is 4.24. The highest BCUT2D eigenvalue weighted by Crippen LogP contribution is 2.10. The Kier molecular flexibility index (Phi) is 8.34. The molecule has 0 aliphatic heterocycles. The largest absolute Gasteiger partial charge is 0.307 e. The van der Waals surface area contributed by atoms with Crippen LogP contribution in [0, 0.1) is 0 Å². The monoisotopic (exact) mass is 467 g/mol. The molecule has 5 aromatic carbocycles. The SMILES string of the molecule is C=Cc1ccc([B-](c2ccccc2)(c2ccccc2)c2ccccc2)cc1.C[NH+](C)c1ccccc1. The maximum Gasteiger partial charge on any atom is 0.130 e. The Morgan fingerprint density at radius 3 is 1.11 bits per heavy atom. The van der Waals surface area contributed by atoms with Crippen LogP contribution in [-0.4, -0.2) is 20.2 Å². The minimum atomic E-state index is -1.27. The van der Waals surface area contributed by atoms with Gasteiger partial charge in [-0.2, -0.15) is 21.9 Å². The van der Waals surface area contributed by atoms with Crippen molar-refractivity contribution in [2.75, 3.05) is 14.1 Å². The molecular weight excluding hydrogens is 433 g/mol. The second kappa shape index (κ2) is 12.0. The van der Waals surface area contributed by atoms with Gasteiger partial charge in [-0.05, 0) is 17.7 Å². The van der Waals surface area contributed by atoms with Gasteiger partial charge in [0, 0.05) is 0 Å². The number of rotatable bonds is 6. The zero-order chi connectivity index (χ0) is 25.2. The number of para-hydroxylation sites is 1. The molecule has 178 valence electrons. The molecule has 0 spiro atoms. The number of nitrogens with one attached hydrogen (secondary N) is 1. The molecule has 0 heterocycles. The van der Waals surface area contributed by atoms with Gasteiger partial charge >= 0.3 is 0 Å². The van der Waals surface area contributed by atoms with Crippen molar-refractivity contribution in [2.24, 2.45) is 0 Å². The Labute approximate surface area is 216 Å². The van der Waals surface area contributed by atoms with Gasteiger partial charge in [-0.1, -0.05) is 146 Å². The normalized spacial score (nSPS) is 10.9. The molecule has 0 saturated carbocycles. The smallest absolute Gasteiger partial charge is 0.130 e. The van der Waals surface area contributed by atoms with Crippen LogP contribution in [-0.2, 0) is 0 Å². The van der Waals surface area contributed by atoms with Crippen molar-refractivity contribution in [3.05, 3.63) is 158 Å². The average molecular weight is 467 g/mol. The summed E-state index contributed by atoms with van der Waals surface area (Å²) in [5.41, 5.74) is 7.74. The van der Waals surface area contributed by atoms with Gasteiger partial charge < -0.3 is 4.90 Å². The van der Waals surface area contributed by atoms with Crippen molar-refractivity contribution < 1.29 is 4.90 Å². The third-order valence-corrected chi connectivity index (χ3v) is 6.92. The molecule has 0 aromatic heterocycles. The van der Waals surface area contributed by atoms with E-state index in [2.05, 4.69) is 160 Å². The molecule has 5 rings (SSSR count). The van der Waals surface area contributed by atoms with E-state index >= 15 is 0 Å². The zero-order valence-corrected chi connectivity index (χ0v) is 21.2.